The minimum absolute atomic E-state index is 0.0617. The molecule has 1 amide bonds. The smallest absolute Gasteiger partial charge is 0.272 e. The zero-order valence-corrected chi connectivity index (χ0v) is 18.4. The van der Waals surface area contributed by atoms with E-state index < -0.39 is 17.5 Å². The monoisotopic (exact) mass is 475 g/mol. The number of nitrogens with zero attached hydrogens (tertiary/aromatic N) is 1. The molecule has 166 valence electrons. The van der Waals surface area contributed by atoms with Crippen molar-refractivity contribution < 1.29 is 14.0 Å². The van der Waals surface area contributed by atoms with Crippen molar-refractivity contribution >= 4 is 46.4 Å². The third-order valence-corrected chi connectivity index (χ3v) is 5.78. The first-order chi connectivity index (χ1) is 15.4. The molecule has 0 spiro atoms. The van der Waals surface area contributed by atoms with Crippen LogP contribution in [-0.4, -0.2) is 40.8 Å². The molecule has 0 saturated carbocycles. The van der Waals surface area contributed by atoms with Gasteiger partial charge in [-0.2, -0.15) is 0 Å². The van der Waals surface area contributed by atoms with Crippen LogP contribution >= 0.6 is 23.2 Å². The maximum atomic E-state index is 14.3. The van der Waals surface area contributed by atoms with Gasteiger partial charge in [0.1, 0.15) is 11.5 Å². The van der Waals surface area contributed by atoms with E-state index in [9.17, 15) is 14.0 Å². The summed E-state index contributed by atoms with van der Waals surface area (Å²) in [6.45, 7) is 1.95. The van der Waals surface area contributed by atoms with Gasteiger partial charge in [0.05, 0.1) is 27.5 Å². The second kappa shape index (κ2) is 9.68. The van der Waals surface area contributed by atoms with E-state index in [1.54, 1.807) is 18.3 Å². The number of ketones is 1. The van der Waals surface area contributed by atoms with Crippen LogP contribution in [0.3, 0.4) is 0 Å². The molecule has 4 N–H and O–H groups in total. The van der Waals surface area contributed by atoms with Gasteiger partial charge in [0.25, 0.3) is 5.91 Å². The largest absolute Gasteiger partial charge is 0.367 e. The van der Waals surface area contributed by atoms with E-state index in [1.807, 2.05) is 0 Å². The second-order valence-electron chi connectivity index (χ2n) is 7.40. The number of carbonyl (C=O) groups is 2. The number of anilines is 2. The lowest BCUT2D eigenvalue weighted by Gasteiger charge is -2.24. The van der Waals surface area contributed by atoms with Crippen LogP contribution in [0.4, 0.5) is 15.9 Å². The number of rotatable bonds is 6. The van der Waals surface area contributed by atoms with Crippen LogP contribution in [0.5, 0.6) is 0 Å². The van der Waals surface area contributed by atoms with Crippen LogP contribution < -0.4 is 16.0 Å². The number of H-pyrrole nitrogens is 1. The van der Waals surface area contributed by atoms with Crippen LogP contribution in [0.25, 0.3) is 0 Å². The van der Waals surface area contributed by atoms with Crippen molar-refractivity contribution in [2.24, 2.45) is 0 Å². The lowest BCUT2D eigenvalue weighted by Crippen LogP contribution is -2.35. The average Bonchev–Trinajstić information content (AvgIpc) is 3.29. The molecular formula is C22H20Cl2FN5O2. The fourth-order valence-electron chi connectivity index (χ4n) is 3.46. The topological polar surface area (TPSA) is 98.9 Å². The average molecular weight is 476 g/mol. The summed E-state index contributed by atoms with van der Waals surface area (Å²) in [5.41, 5.74) is 0.366. The van der Waals surface area contributed by atoms with E-state index in [0.29, 0.717) is 11.7 Å². The molecule has 0 radical (unpaired) electrons. The molecule has 0 unspecified atom stereocenters. The summed E-state index contributed by atoms with van der Waals surface area (Å²) in [5.74, 6) is -1.31. The molecule has 0 bridgehead atoms. The van der Waals surface area contributed by atoms with Gasteiger partial charge in [-0.05, 0) is 56.3 Å². The van der Waals surface area contributed by atoms with E-state index in [1.165, 1.54) is 24.4 Å². The lowest BCUT2D eigenvalue weighted by atomic mass is 10.0. The van der Waals surface area contributed by atoms with E-state index in [-0.39, 0.29) is 26.9 Å². The van der Waals surface area contributed by atoms with Gasteiger partial charge in [0.15, 0.2) is 11.6 Å². The molecule has 1 aliphatic rings. The zero-order chi connectivity index (χ0) is 22.7. The number of aromatic nitrogens is 2. The summed E-state index contributed by atoms with van der Waals surface area (Å²) >= 11 is 11.7. The van der Waals surface area contributed by atoms with Gasteiger partial charge in [-0.15, -0.1) is 0 Å². The number of carbonyl (C=O) groups excluding carboxylic acids is 2. The Labute approximate surface area is 193 Å². The summed E-state index contributed by atoms with van der Waals surface area (Å²) in [5, 5.41) is 9.13. The summed E-state index contributed by atoms with van der Waals surface area (Å²) < 4.78 is 14.3. The van der Waals surface area contributed by atoms with Crippen molar-refractivity contribution in [3.8, 4) is 0 Å². The Hall–Kier alpha value is -2.94. The van der Waals surface area contributed by atoms with E-state index in [2.05, 4.69) is 25.9 Å². The van der Waals surface area contributed by atoms with Crippen LogP contribution in [-0.2, 0) is 0 Å². The zero-order valence-electron chi connectivity index (χ0n) is 16.8. The van der Waals surface area contributed by atoms with Gasteiger partial charge in [0.2, 0.25) is 0 Å². The first-order valence-corrected chi connectivity index (χ1v) is 10.8. The SMILES string of the molecule is O=C(Nc1ccc(NC2CCNCC2)nc1)c1cc(C(=O)c2c(Cl)ccc(Cl)c2F)c[nH]1. The van der Waals surface area contributed by atoms with Gasteiger partial charge in [-0.25, -0.2) is 9.37 Å². The third kappa shape index (κ3) is 4.93. The molecule has 32 heavy (non-hydrogen) atoms. The summed E-state index contributed by atoms with van der Waals surface area (Å²) in [6.07, 6.45) is 4.92. The molecular weight excluding hydrogens is 456 g/mol. The maximum absolute atomic E-state index is 14.3. The molecule has 7 nitrogen and oxygen atoms in total. The number of aromatic amines is 1. The summed E-state index contributed by atoms with van der Waals surface area (Å²) in [6, 6.07) is 7.85. The van der Waals surface area contributed by atoms with E-state index in [0.717, 1.165) is 31.7 Å². The molecule has 1 aliphatic heterocycles. The highest BCUT2D eigenvalue weighted by atomic mass is 35.5. The van der Waals surface area contributed by atoms with Crippen molar-refractivity contribution in [1.29, 1.82) is 0 Å². The highest BCUT2D eigenvalue weighted by Crippen LogP contribution is 2.28. The highest BCUT2D eigenvalue weighted by molar-refractivity contribution is 6.37. The minimum Gasteiger partial charge on any atom is -0.367 e. The third-order valence-electron chi connectivity index (χ3n) is 5.17. The number of pyridine rings is 1. The number of hydrogen-bond acceptors (Lipinski definition) is 5. The number of nitrogens with one attached hydrogen (secondary N) is 4. The summed E-state index contributed by atoms with van der Waals surface area (Å²) in [4.78, 5) is 32.3. The quantitative estimate of drug-likeness (QED) is 0.310. The molecule has 1 aromatic carbocycles. The fraction of sp³-hybridized carbons (Fsp3) is 0.227. The molecule has 2 aromatic heterocycles. The standard InChI is InChI=1S/C22H20Cl2FN5O2/c23-15-2-3-16(24)20(25)19(15)21(31)12-9-17(27-10-12)22(32)30-14-1-4-18(28-11-14)29-13-5-7-26-8-6-13/h1-4,9-11,13,26-27H,5-8H2,(H,28,29)(H,30,32). The Morgan fingerprint density at radius 1 is 1.09 bits per heavy atom. The fourth-order valence-corrected chi connectivity index (χ4v) is 3.85. The van der Waals surface area contributed by atoms with Gasteiger partial charge < -0.3 is 20.9 Å². The van der Waals surface area contributed by atoms with Crippen LogP contribution in [0.1, 0.15) is 39.3 Å². The Kier molecular flexibility index (Phi) is 6.74. The minimum atomic E-state index is -0.902. The van der Waals surface area contributed by atoms with Crippen molar-refractivity contribution in [2.75, 3.05) is 23.7 Å². The number of halogens is 3. The van der Waals surface area contributed by atoms with Crippen molar-refractivity contribution in [1.82, 2.24) is 15.3 Å². The number of hydrogen-bond donors (Lipinski definition) is 4. The Morgan fingerprint density at radius 3 is 2.56 bits per heavy atom. The number of amides is 1. The van der Waals surface area contributed by atoms with Crippen molar-refractivity contribution in [3.05, 3.63) is 75.4 Å². The molecule has 3 aromatic rings. The molecule has 10 heteroatoms. The predicted molar refractivity (Wildman–Crippen MR) is 122 cm³/mol. The van der Waals surface area contributed by atoms with Gasteiger partial charge in [-0.3, -0.25) is 9.59 Å². The second-order valence-corrected chi connectivity index (χ2v) is 8.22. The van der Waals surface area contributed by atoms with Crippen molar-refractivity contribution in [3.63, 3.8) is 0 Å². The van der Waals surface area contributed by atoms with E-state index in [4.69, 9.17) is 23.2 Å². The lowest BCUT2D eigenvalue weighted by molar-refractivity contribution is 0.102. The molecule has 0 aliphatic carbocycles. The predicted octanol–water partition coefficient (Wildman–Crippen LogP) is 4.50. The Morgan fingerprint density at radius 2 is 1.84 bits per heavy atom. The van der Waals surface area contributed by atoms with Gasteiger partial charge >= 0.3 is 0 Å². The molecule has 4 rings (SSSR count). The molecule has 1 saturated heterocycles. The van der Waals surface area contributed by atoms with Crippen LogP contribution in [0, 0.1) is 5.82 Å². The van der Waals surface area contributed by atoms with Gasteiger partial charge in [-0.1, -0.05) is 23.2 Å². The maximum Gasteiger partial charge on any atom is 0.272 e. The normalized spacial score (nSPS) is 14.2. The molecule has 1 fully saturated rings. The highest BCUT2D eigenvalue weighted by Gasteiger charge is 2.22. The van der Waals surface area contributed by atoms with Crippen LogP contribution in [0.15, 0.2) is 42.7 Å². The Bertz CT molecular complexity index is 1140. The van der Waals surface area contributed by atoms with Gasteiger partial charge in [0, 0.05) is 17.8 Å². The Balaban J connectivity index is 1.42. The summed E-state index contributed by atoms with van der Waals surface area (Å²) in [7, 11) is 0. The first-order valence-electron chi connectivity index (χ1n) is 10.0. The van der Waals surface area contributed by atoms with Crippen LogP contribution in [0.2, 0.25) is 10.0 Å². The number of benzene rings is 1. The number of piperidine rings is 1. The molecule has 0 atom stereocenters. The van der Waals surface area contributed by atoms with Crippen molar-refractivity contribution in [2.45, 2.75) is 18.9 Å². The molecule has 3 heterocycles. The van der Waals surface area contributed by atoms with E-state index >= 15 is 0 Å². The first kappa shape index (κ1) is 22.3.